The first kappa shape index (κ1) is 8.08. The average Bonchev–Trinajstić information content (AvgIpc) is 2.03. The van der Waals surface area contributed by atoms with Crippen molar-refractivity contribution in [2.75, 3.05) is 5.73 Å². The highest BCUT2D eigenvalue weighted by Gasteiger charge is 2.01. The van der Waals surface area contributed by atoms with Crippen molar-refractivity contribution in [3.05, 3.63) is 29.8 Å². The number of benzene rings is 1. The van der Waals surface area contributed by atoms with Gasteiger partial charge in [0, 0.05) is 11.7 Å². The highest BCUT2D eigenvalue weighted by atomic mass is 14.6. The molecule has 2 heteroatoms. The van der Waals surface area contributed by atoms with Gasteiger partial charge in [-0.3, -0.25) is 0 Å². The summed E-state index contributed by atoms with van der Waals surface area (Å²) in [6.45, 7) is 2.06. The smallest absolute Gasteiger partial charge is 0.0317 e. The Morgan fingerprint density at radius 3 is 2.73 bits per heavy atom. The second kappa shape index (κ2) is 3.39. The van der Waals surface area contributed by atoms with E-state index in [0.29, 0.717) is 0 Å². The predicted octanol–water partition coefficient (Wildman–Crippen LogP) is 1.68. The Morgan fingerprint density at radius 1 is 1.45 bits per heavy atom. The van der Waals surface area contributed by atoms with Crippen LogP contribution < -0.4 is 11.5 Å². The summed E-state index contributed by atoms with van der Waals surface area (Å²) in [5.74, 6) is 0. The molecule has 60 valence electrons. The summed E-state index contributed by atoms with van der Waals surface area (Å²) in [6, 6.07) is 7.85. The summed E-state index contributed by atoms with van der Waals surface area (Å²) in [5, 5.41) is 0. The van der Waals surface area contributed by atoms with Crippen molar-refractivity contribution in [1.29, 1.82) is 0 Å². The van der Waals surface area contributed by atoms with Gasteiger partial charge in [0.05, 0.1) is 0 Å². The van der Waals surface area contributed by atoms with Crippen molar-refractivity contribution < 1.29 is 0 Å². The second-order valence-electron chi connectivity index (χ2n) is 2.68. The molecule has 0 aliphatic heterocycles. The van der Waals surface area contributed by atoms with Gasteiger partial charge >= 0.3 is 0 Å². The first-order valence-corrected chi connectivity index (χ1v) is 3.85. The van der Waals surface area contributed by atoms with Gasteiger partial charge in [0.2, 0.25) is 0 Å². The molecular formula is C9H14N2. The van der Waals surface area contributed by atoms with Crippen LogP contribution in [0.5, 0.6) is 0 Å². The number of nitrogens with two attached hydrogens (primary N) is 2. The Kier molecular flexibility index (Phi) is 2.49. The number of nitrogen functional groups attached to an aromatic ring is 1. The van der Waals surface area contributed by atoms with Crippen LogP contribution >= 0.6 is 0 Å². The van der Waals surface area contributed by atoms with E-state index in [1.54, 1.807) is 0 Å². The van der Waals surface area contributed by atoms with Crippen molar-refractivity contribution in [3.63, 3.8) is 0 Å². The van der Waals surface area contributed by atoms with Gasteiger partial charge in [0.1, 0.15) is 0 Å². The topological polar surface area (TPSA) is 52.0 Å². The van der Waals surface area contributed by atoms with Gasteiger partial charge in [0.25, 0.3) is 0 Å². The zero-order valence-corrected chi connectivity index (χ0v) is 6.75. The van der Waals surface area contributed by atoms with E-state index in [1.165, 1.54) is 0 Å². The first-order chi connectivity index (χ1) is 5.24. The lowest BCUT2D eigenvalue weighted by molar-refractivity contribution is 0.699. The Morgan fingerprint density at radius 2 is 2.18 bits per heavy atom. The van der Waals surface area contributed by atoms with Crippen LogP contribution in [0.2, 0.25) is 0 Å². The molecule has 0 aromatic heterocycles. The lowest BCUT2D eigenvalue weighted by Gasteiger charge is -2.08. The Bertz CT molecular complexity index is 233. The van der Waals surface area contributed by atoms with Crippen molar-refractivity contribution in [2.45, 2.75) is 19.4 Å². The molecule has 0 amide bonds. The standard InChI is InChI=1S/C9H14N2/c1-2-9(11)7-4-3-5-8(10)6-7/h3-6,9H,2,10-11H2,1H3/t9-/m0/s1. The first-order valence-electron chi connectivity index (χ1n) is 3.85. The molecule has 0 unspecified atom stereocenters. The maximum atomic E-state index is 5.81. The fraction of sp³-hybridized carbons (Fsp3) is 0.333. The normalized spacial score (nSPS) is 12.9. The molecule has 0 saturated heterocycles. The van der Waals surface area contributed by atoms with Gasteiger partial charge < -0.3 is 11.5 Å². The maximum Gasteiger partial charge on any atom is 0.0317 e. The molecule has 1 rings (SSSR count). The third-order valence-corrected chi connectivity index (χ3v) is 1.78. The molecular weight excluding hydrogens is 136 g/mol. The minimum absolute atomic E-state index is 0.124. The van der Waals surface area contributed by atoms with Crippen molar-refractivity contribution in [1.82, 2.24) is 0 Å². The van der Waals surface area contributed by atoms with E-state index >= 15 is 0 Å². The third-order valence-electron chi connectivity index (χ3n) is 1.78. The highest BCUT2D eigenvalue weighted by Crippen LogP contribution is 2.15. The molecule has 0 radical (unpaired) electrons. The summed E-state index contributed by atoms with van der Waals surface area (Å²) in [5.41, 5.74) is 13.3. The maximum absolute atomic E-state index is 5.81. The van der Waals surface area contributed by atoms with Crippen LogP contribution in [0.1, 0.15) is 24.9 Å². The van der Waals surface area contributed by atoms with Crippen LogP contribution in [0.25, 0.3) is 0 Å². The quantitative estimate of drug-likeness (QED) is 0.630. The molecule has 11 heavy (non-hydrogen) atoms. The van der Waals surface area contributed by atoms with Crippen molar-refractivity contribution in [3.8, 4) is 0 Å². The second-order valence-corrected chi connectivity index (χ2v) is 2.68. The predicted molar refractivity (Wildman–Crippen MR) is 48.1 cm³/mol. The highest BCUT2D eigenvalue weighted by molar-refractivity contribution is 5.41. The Labute approximate surface area is 67.2 Å². The minimum atomic E-state index is 0.124. The van der Waals surface area contributed by atoms with E-state index in [4.69, 9.17) is 11.5 Å². The Hall–Kier alpha value is -1.02. The van der Waals surface area contributed by atoms with Gasteiger partial charge in [-0.2, -0.15) is 0 Å². The molecule has 1 aromatic rings. The largest absolute Gasteiger partial charge is 0.399 e. The summed E-state index contributed by atoms with van der Waals surface area (Å²) in [7, 11) is 0. The summed E-state index contributed by atoms with van der Waals surface area (Å²) < 4.78 is 0. The van der Waals surface area contributed by atoms with Crippen molar-refractivity contribution >= 4 is 5.69 Å². The van der Waals surface area contributed by atoms with Crippen molar-refractivity contribution in [2.24, 2.45) is 5.73 Å². The summed E-state index contributed by atoms with van der Waals surface area (Å²) in [4.78, 5) is 0. The molecule has 1 aromatic carbocycles. The zero-order chi connectivity index (χ0) is 8.27. The molecule has 0 bridgehead atoms. The van der Waals surface area contributed by atoms with E-state index in [1.807, 2.05) is 24.3 Å². The minimum Gasteiger partial charge on any atom is -0.399 e. The van der Waals surface area contributed by atoms with Crippen LogP contribution in [0.4, 0.5) is 5.69 Å². The van der Waals surface area contributed by atoms with Crippen LogP contribution in [-0.4, -0.2) is 0 Å². The lowest BCUT2D eigenvalue weighted by atomic mass is 10.1. The van der Waals surface area contributed by atoms with Crippen LogP contribution in [0.15, 0.2) is 24.3 Å². The van der Waals surface area contributed by atoms with Crippen LogP contribution in [0, 0.1) is 0 Å². The number of anilines is 1. The van der Waals surface area contributed by atoms with E-state index in [9.17, 15) is 0 Å². The molecule has 1 atom stereocenters. The van der Waals surface area contributed by atoms with E-state index < -0.39 is 0 Å². The van der Waals surface area contributed by atoms with E-state index in [0.717, 1.165) is 17.7 Å². The fourth-order valence-corrected chi connectivity index (χ4v) is 1.03. The van der Waals surface area contributed by atoms with Crippen LogP contribution in [-0.2, 0) is 0 Å². The molecule has 4 N–H and O–H groups in total. The molecule has 0 aliphatic carbocycles. The van der Waals surface area contributed by atoms with E-state index in [2.05, 4.69) is 6.92 Å². The third kappa shape index (κ3) is 1.95. The Balaban J connectivity index is 2.86. The number of hydrogen-bond acceptors (Lipinski definition) is 2. The average molecular weight is 150 g/mol. The fourth-order valence-electron chi connectivity index (χ4n) is 1.03. The molecule has 2 nitrogen and oxygen atoms in total. The number of hydrogen-bond donors (Lipinski definition) is 2. The summed E-state index contributed by atoms with van der Waals surface area (Å²) >= 11 is 0. The van der Waals surface area contributed by atoms with Crippen LogP contribution in [0.3, 0.4) is 0 Å². The summed E-state index contributed by atoms with van der Waals surface area (Å²) in [6.07, 6.45) is 0.948. The zero-order valence-electron chi connectivity index (χ0n) is 6.75. The molecule has 0 spiro atoms. The lowest BCUT2D eigenvalue weighted by Crippen LogP contribution is -2.08. The van der Waals surface area contributed by atoms with Gasteiger partial charge in [0.15, 0.2) is 0 Å². The van der Waals surface area contributed by atoms with Gasteiger partial charge in [-0.05, 0) is 24.1 Å². The number of rotatable bonds is 2. The SMILES string of the molecule is CC[C@H](N)c1cccc(N)c1. The monoisotopic (exact) mass is 150 g/mol. The van der Waals surface area contributed by atoms with Gasteiger partial charge in [-0.15, -0.1) is 0 Å². The van der Waals surface area contributed by atoms with Gasteiger partial charge in [-0.1, -0.05) is 19.1 Å². The molecule has 0 fully saturated rings. The molecule has 0 saturated carbocycles. The molecule has 0 aliphatic rings. The van der Waals surface area contributed by atoms with Gasteiger partial charge in [-0.25, -0.2) is 0 Å². The van der Waals surface area contributed by atoms with E-state index in [-0.39, 0.29) is 6.04 Å². The molecule has 0 heterocycles.